The molecule has 0 saturated heterocycles. The Balaban J connectivity index is 2.21. The molecule has 0 bridgehead atoms. The summed E-state index contributed by atoms with van der Waals surface area (Å²) in [5.74, 6) is 0.778. The van der Waals surface area contributed by atoms with Crippen molar-refractivity contribution in [3.8, 4) is 0 Å². The van der Waals surface area contributed by atoms with Crippen molar-refractivity contribution in [2.75, 3.05) is 12.4 Å². The molecule has 0 spiro atoms. The molecule has 0 aromatic carbocycles. The summed E-state index contributed by atoms with van der Waals surface area (Å²) >= 11 is 5.08. The van der Waals surface area contributed by atoms with Gasteiger partial charge in [0.25, 0.3) is 0 Å². The summed E-state index contributed by atoms with van der Waals surface area (Å²) in [5, 5.41) is 3.47. The first-order chi connectivity index (χ1) is 8.86. The lowest BCUT2D eigenvalue weighted by Crippen LogP contribution is -2.57. The average molecular weight is 279 g/mol. The number of aryl methyl sites for hydroxylation is 1. The number of nitrogens with two attached hydrogens (primary N) is 1. The smallest absolute Gasteiger partial charge is 0.136 e. The van der Waals surface area contributed by atoms with Crippen LogP contribution in [0.4, 0.5) is 5.82 Å². The molecule has 4 nitrogen and oxygen atoms in total. The summed E-state index contributed by atoms with van der Waals surface area (Å²) in [4.78, 5) is 4.88. The molecule has 1 saturated carbocycles. The van der Waals surface area contributed by atoms with Crippen molar-refractivity contribution in [3.05, 3.63) is 23.4 Å². The van der Waals surface area contributed by atoms with E-state index in [9.17, 15) is 0 Å². The number of pyridine rings is 1. The van der Waals surface area contributed by atoms with Gasteiger partial charge in [0.15, 0.2) is 0 Å². The Morgan fingerprint density at radius 2 is 2.21 bits per heavy atom. The van der Waals surface area contributed by atoms with E-state index in [1.54, 1.807) is 7.11 Å². The van der Waals surface area contributed by atoms with E-state index in [4.69, 9.17) is 22.7 Å². The van der Waals surface area contributed by atoms with Crippen LogP contribution in [0, 0.1) is 12.3 Å². The average Bonchev–Trinajstić information content (AvgIpc) is 2.33. The first-order valence-corrected chi connectivity index (χ1v) is 6.84. The molecule has 0 radical (unpaired) electrons. The number of anilines is 1. The van der Waals surface area contributed by atoms with Crippen LogP contribution in [0.5, 0.6) is 0 Å². The Morgan fingerprint density at radius 1 is 1.53 bits per heavy atom. The maximum Gasteiger partial charge on any atom is 0.136 e. The molecule has 0 amide bonds. The molecular formula is C14H21N3OS. The standard InChI is InChI=1S/C14H21N3OS/c1-8-5-6-9(12(15)19)13(16-8)17-10-7-11(18-4)14(10,2)3/h5-6,10-11H,7H2,1-4H3,(H2,15,19)(H,16,17). The number of ether oxygens (including phenoxy) is 1. The van der Waals surface area contributed by atoms with Crippen molar-refractivity contribution in [1.82, 2.24) is 4.98 Å². The van der Waals surface area contributed by atoms with Gasteiger partial charge < -0.3 is 15.8 Å². The van der Waals surface area contributed by atoms with E-state index < -0.39 is 0 Å². The Kier molecular flexibility index (Phi) is 3.78. The fourth-order valence-electron chi connectivity index (χ4n) is 2.56. The van der Waals surface area contributed by atoms with E-state index >= 15 is 0 Å². The van der Waals surface area contributed by atoms with E-state index in [0.29, 0.717) is 11.0 Å². The van der Waals surface area contributed by atoms with Gasteiger partial charge in [0.1, 0.15) is 10.8 Å². The number of aromatic nitrogens is 1. The van der Waals surface area contributed by atoms with Gasteiger partial charge in [-0.05, 0) is 25.5 Å². The van der Waals surface area contributed by atoms with Gasteiger partial charge in [0.2, 0.25) is 0 Å². The van der Waals surface area contributed by atoms with Gasteiger partial charge in [0, 0.05) is 24.3 Å². The zero-order valence-electron chi connectivity index (χ0n) is 11.9. The van der Waals surface area contributed by atoms with Crippen LogP contribution in [0.15, 0.2) is 12.1 Å². The summed E-state index contributed by atoms with van der Waals surface area (Å²) in [6, 6.07) is 4.16. The van der Waals surface area contributed by atoms with Crippen molar-refractivity contribution >= 4 is 23.0 Å². The first-order valence-electron chi connectivity index (χ1n) is 6.43. The van der Waals surface area contributed by atoms with Crippen LogP contribution in [-0.4, -0.2) is 29.2 Å². The molecule has 1 aromatic heterocycles. The Labute approximate surface area is 119 Å². The van der Waals surface area contributed by atoms with Crippen LogP contribution in [-0.2, 0) is 4.74 Å². The molecule has 104 valence electrons. The number of nitrogens with one attached hydrogen (secondary N) is 1. The highest BCUT2D eigenvalue weighted by atomic mass is 32.1. The Hall–Kier alpha value is -1.20. The summed E-state index contributed by atoms with van der Waals surface area (Å²) in [7, 11) is 1.76. The number of methoxy groups -OCH3 is 1. The number of hydrogen-bond acceptors (Lipinski definition) is 4. The van der Waals surface area contributed by atoms with Crippen molar-refractivity contribution in [2.24, 2.45) is 11.1 Å². The zero-order chi connectivity index (χ0) is 14.2. The number of thiocarbonyl (C=S) groups is 1. The van der Waals surface area contributed by atoms with Gasteiger partial charge in [-0.1, -0.05) is 26.1 Å². The molecule has 2 rings (SSSR count). The molecule has 5 heteroatoms. The van der Waals surface area contributed by atoms with Gasteiger partial charge >= 0.3 is 0 Å². The number of nitrogens with zero attached hydrogens (tertiary/aromatic N) is 1. The highest BCUT2D eigenvalue weighted by Crippen LogP contribution is 2.44. The van der Waals surface area contributed by atoms with E-state index in [1.165, 1.54) is 0 Å². The van der Waals surface area contributed by atoms with Gasteiger partial charge in [0.05, 0.1) is 11.7 Å². The van der Waals surface area contributed by atoms with Crippen LogP contribution >= 0.6 is 12.2 Å². The minimum absolute atomic E-state index is 0.0770. The van der Waals surface area contributed by atoms with E-state index in [-0.39, 0.29) is 11.5 Å². The molecule has 1 aromatic rings. The van der Waals surface area contributed by atoms with Crippen LogP contribution in [0.1, 0.15) is 31.5 Å². The minimum atomic E-state index is 0.0770. The molecule has 3 N–H and O–H groups in total. The van der Waals surface area contributed by atoms with Crippen LogP contribution in [0.3, 0.4) is 0 Å². The number of hydrogen-bond donors (Lipinski definition) is 2. The highest BCUT2D eigenvalue weighted by molar-refractivity contribution is 7.80. The second-order valence-electron chi connectivity index (χ2n) is 5.69. The van der Waals surface area contributed by atoms with Crippen LogP contribution < -0.4 is 11.1 Å². The van der Waals surface area contributed by atoms with Crippen LogP contribution in [0.25, 0.3) is 0 Å². The molecule has 1 aliphatic rings. The predicted molar refractivity (Wildman–Crippen MR) is 81.5 cm³/mol. The van der Waals surface area contributed by atoms with Crippen molar-refractivity contribution in [2.45, 2.75) is 39.3 Å². The Morgan fingerprint density at radius 3 is 2.74 bits per heavy atom. The minimum Gasteiger partial charge on any atom is -0.389 e. The lowest BCUT2D eigenvalue weighted by molar-refractivity contribution is -0.0795. The third kappa shape index (κ3) is 2.58. The molecular weight excluding hydrogens is 258 g/mol. The number of rotatable bonds is 4. The van der Waals surface area contributed by atoms with Gasteiger partial charge in [-0.2, -0.15) is 0 Å². The third-order valence-corrected chi connectivity index (χ3v) is 4.29. The normalized spacial score (nSPS) is 24.6. The SMILES string of the molecule is COC1CC(Nc2nc(C)ccc2C(N)=S)C1(C)C. The van der Waals surface area contributed by atoms with Crippen molar-refractivity contribution in [3.63, 3.8) is 0 Å². The van der Waals surface area contributed by atoms with E-state index in [0.717, 1.165) is 23.5 Å². The highest BCUT2D eigenvalue weighted by Gasteiger charge is 2.48. The summed E-state index contributed by atoms with van der Waals surface area (Å²) in [6.07, 6.45) is 1.25. The molecule has 1 heterocycles. The van der Waals surface area contributed by atoms with Crippen LogP contribution in [0.2, 0.25) is 0 Å². The Bertz CT molecular complexity index is 501. The molecule has 2 atom stereocenters. The molecule has 19 heavy (non-hydrogen) atoms. The zero-order valence-corrected chi connectivity index (χ0v) is 12.7. The third-order valence-electron chi connectivity index (χ3n) is 4.07. The van der Waals surface area contributed by atoms with E-state index in [2.05, 4.69) is 24.1 Å². The monoisotopic (exact) mass is 279 g/mol. The molecule has 0 aliphatic heterocycles. The predicted octanol–water partition coefficient (Wildman–Crippen LogP) is 2.25. The van der Waals surface area contributed by atoms with Gasteiger partial charge in [-0.15, -0.1) is 0 Å². The maximum atomic E-state index is 5.75. The lowest BCUT2D eigenvalue weighted by Gasteiger charge is -2.51. The first kappa shape index (κ1) is 14.2. The molecule has 1 aliphatic carbocycles. The van der Waals surface area contributed by atoms with Gasteiger partial charge in [-0.3, -0.25) is 0 Å². The maximum absolute atomic E-state index is 5.75. The van der Waals surface area contributed by atoms with Crippen molar-refractivity contribution < 1.29 is 4.74 Å². The fourth-order valence-corrected chi connectivity index (χ4v) is 2.73. The molecule has 2 unspecified atom stereocenters. The van der Waals surface area contributed by atoms with Crippen molar-refractivity contribution in [1.29, 1.82) is 0 Å². The van der Waals surface area contributed by atoms with E-state index in [1.807, 2.05) is 19.1 Å². The lowest BCUT2D eigenvalue weighted by atomic mass is 9.64. The quantitative estimate of drug-likeness (QED) is 0.828. The summed E-state index contributed by atoms with van der Waals surface area (Å²) < 4.78 is 5.46. The summed E-state index contributed by atoms with van der Waals surface area (Å²) in [5.41, 5.74) is 7.57. The topological polar surface area (TPSA) is 60.2 Å². The fraction of sp³-hybridized carbons (Fsp3) is 0.571. The molecule has 1 fully saturated rings. The largest absolute Gasteiger partial charge is 0.389 e. The second-order valence-corrected chi connectivity index (χ2v) is 6.13. The van der Waals surface area contributed by atoms with Gasteiger partial charge in [-0.25, -0.2) is 4.98 Å². The second kappa shape index (κ2) is 5.06. The summed E-state index contributed by atoms with van der Waals surface area (Å²) in [6.45, 7) is 6.34.